The van der Waals surface area contributed by atoms with Crippen molar-refractivity contribution in [3.8, 4) is 0 Å². The molecule has 4 heteroatoms. The van der Waals surface area contributed by atoms with Crippen LogP contribution in [-0.2, 0) is 0 Å². The summed E-state index contributed by atoms with van der Waals surface area (Å²) in [5.41, 5.74) is 8.33. The van der Waals surface area contributed by atoms with Gasteiger partial charge in [-0.25, -0.2) is 0 Å². The van der Waals surface area contributed by atoms with Gasteiger partial charge in [0.1, 0.15) is 0 Å². The lowest BCUT2D eigenvalue weighted by molar-refractivity contribution is 0.255. The zero-order valence-electron chi connectivity index (χ0n) is 12.2. The molecule has 1 aliphatic heterocycles. The van der Waals surface area contributed by atoms with Gasteiger partial charge in [0.15, 0.2) is 0 Å². The Morgan fingerprint density at radius 2 is 2.16 bits per heavy atom. The molecule has 1 saturated heterocycles. The predicted octanol–water partition coefficient (Wildman–Crippen LogP) is 1.50. The number of aryl methyl sites for hydroxylation is 1. The third-order valence-corrected chi connectivity index (χ3v) is 3.89. The lowest BCUT2D eigenvalue weighted by Gasteiger charge is -2.25. The molecule has 2 N–H and O–H groups in total. The molecule has 4 nitrogen and oxygen atoms in total. The first kappa shape index (κ1) is 14.3. The van der Waals surface area contributed by atoms with Gasteiger partial charge in [-0.05, 0) is 44.0 Å². The van der Waals surface area contributed by atoms with E-state index in [1.807, 2.05) is 12.4 Å². The molecule has 2 heterocycles. The Bertz CT molecular complexity index is 393. The smallest absolute Gasteiger partial charge is 0.0427 e. The molecule has 1 aliphatic rings. The summed E-state index contributed by atoms with van der Waals surface area (Å²) in [6.07, 6.45) is 5.06. The summed E-state index contributed by atoms with van der Waals surface area (Å²) < 4.78 is 0. The van der Waals surface area contributed by atoms with E-state index in [2.05, 4.69) is 34.7 Å². The summed E-state index contributed by atoms with van der Waals surface area (Å²) in [5.74, 6) is 0.592. The van der Waals surface area contributed by atoms with Gasteiger partial charge in [0.05, 0.1) is 0 Å². The number of aromatic nitrogens is 1. The topological polar surface area (TPSA) is 45.4 Å². The van der Waals surface area contributed by atoms with Gasteiger partial charge in [-0.2, -0.15) is 0 Å². The molecule has 1 atom stereocenters. The maximum Gasteiger partial charge on any atom is 0.0427 e. The first-order valence-corrected chi connectivity index (χ1v) is 7.28. The van der Waals surface area contributed by atoms with Crippen LogP contribution in [0.5, 0.6) is 0 Å². The third-order valence-electron chi connectivity index (χ3n) is 3.89. The average molecular weight is 262 g/mol. The molecule has 0 amide bonds. The van der Waals surface area contributed by atoms with E-state index in [-0.39, 0.29) is 0 Å². The number of nitrogens with two attached hydrogens (primary N) is 1. The molecule has 1 aromatic rings. The summed E-state index contributed by atoms with van der Waals surface area (Å²) in [4.78, 5) is 9.22. The summed E-state index contributed by atoms with van der Waals surface area (Å²) in [6.45, 7) is 10.8. The third kappa shape index (κ3) is 3.91. The Balaban J connectivity index is 1.95. The fourth-order valence-electron chi connectivity index (χ4n) is 2.73. The first-order chi connectivity index (χ1) is 9.20. The minimum absolute atomic E-state index is 0.592. The number of pyridine rings is 1. The van der Waals surface area contributed by atoms with Crippen LogP contribution in [0.25, 0.3) is 0 Å². The Hall–Kier alpha value is -1.13. The maximum atomic E-state index is 5.72. The van der Waals surface area contributed by atoms with Gasteiger partial charge < -0.3 is 15.5 Å². The van der Waals surface area contributed by atoms with Crippen LogP contribution in [0.2, 0.25) is 0 Å². The van der Waals surface area contributed by atoms with Crippen molar-refractivity contribution in [2.45, 2.75) is 20.3 Å². The van der Waals surface area contributed by atoms with E-state index in [9.17, 15) is 0 Å². The van der Waals surface area contributed by atoms with Gasteiger partial charge in [0, 0.05) is 44.3 Å². The second-order valence-corrected chi connectivity index (χ2v) is 5.64. The van der Waals surface area contributed by atoms with Crippen LogP contribution in [0.4, 0.5) is 5.69 Å². The average Bonchev–Trinajstić information content (AvgIpc) is 2.65. The van der Waals surface area contributed by atoms with Gasteiger partial charge in [0.25, 0.3) is 0 Å². The highest BCUT2D eigenvalue weighted by Gasteiger charge is 2.17. The predicted molar refractivity (Wildman–Crippen MR) is 80.5 cm³/mol. The van der Waals surface area contributed by atoms with Crippen molar-refractivity contribution in [2.24, 2.45) is 11.7 Å². The highest BCUT2D eigenvalue weighted by molar-refractivity contribution is 5.51. The molecule has 0 aromatic carbocycles. The van der Waals surface area contributed by atoms with Crippen molar-refractivity contribution >= 4 is 5.69 Å². The largest absolute Gasteiger partial charge is 0.370 e. The van der Waals surface area contributed by atoms with Crippen LogP contribution in [0.15, 0.2) is 18.5 Å². The Morgan fingerprint density at radius 1 is 1.32 bits per heavy atom. The molecule has 1 unspecified atom stereocenters. The quantitative estimate of drug-likeness (QED) is 0.893. The van der Waals surface area contributed by atoms with Crippen LogP contribution in [-0.4, -0.2) is 49.2 Å². The van der Waals surface area contributed by atoms with Gasteiger partial charge in [-0.3, -0.25) is 4.98 Å². The van der Waals surface area contributed by atoms with Crippen LogP contribution in [0, 0.1) is 12.8 Å². The second-order valence-electron chi connectivity index (χ2n) is 5.64. The molecule has 2 rings (SSSR count). The van der Waals surface area contributed by atoms with Gasteiger partial charge in [0.2, 0.25) is 0 Å². The minimum Gasteiger partial charge on any atom is -0.370 e. The molecular weight excluding hydrogens is 236 g/mol. The second kappa shape index (κ2) is 6.87. The molecule has 0 radical (unpaired) electrons. The molecule has 19 heavy (non-hydrogen) atoms. The highest BCUT2D eigenvalue weighted by Crippen LogP contribution is 2.20. The van der Waals surface area contributed by atoms with E-state index in [1.165, 1.54) is 24.2 Å². The SMILES string of the molecule is Cc1cnccc1N1CCCN(CC(C)CN)CC1. The molecular formula is C15H26N4. The van der Waals surface area contributed by atoms with E-state index in [1.54, 1.807) is 0 Å². The van der Waals surface area contributed by atoms with Gasteiger partial charge >= 0.3 is 0 Å². The summed E-state index contributed by atoms with van der Waals surface area (Å²) in [5, 5.41) is 0. The van der Waals surface area contributed by atoms with E-state index in [4.69, 9.17) is 5.73 Å². The van der Waals surface area contributed by atoms with Crippen LogP contribution >= 0.6 is 0 Å². The number of hydrogen-bond donors (Lipinski definition) is 1. The van der Waals surface area contributed by atoms with Crippen LogP contribution in [0.1, 0.15) is 18.9 Å². The van der Waals surface area contributed by atoms with Crippen molar-refractivity contribution < 1.29 is 0 Å². The molecule has 0 saturated carbocycles. The van der Waals surface area contributed by atoms with Gasteiger partial charge in [-0.15, -0.1) is 0 Å². The Morgan fingerprint density at radius 3 is 2.89 bits per heavy atom. The number of hydrogen-bond acceptors (Lipinski definition) is 4. The lowest BCUT2D eigenvalue weighted by Crippen LogP contribution is -2.35. The Labute approximate surface area is 116 Å². The summed E-state index contributed by atoms with van der Waals surface area (Å²) in [6, 6.07) is 2.13. The van der Waals surface area contributed by atoms with Crippen molar-refractivity contribution in [1.82, 2.24) is 9.88 Å². The number of rotatable bonds is 4. The molecule has 0 bridgehead atoms. The van der Waals surface area contributed by atoms with E-state index in [0.717, 1.165) is 32.7 Å². The first-order valence-electron chi connectivity index (χ1n) is 7.28. The fourth-order valence-corrected chi connectivity index (χ4v) is 2.73. The molecule has 0 spiro atoms. The van der Waals surface area contributed by atoms with E-state index >= 15 is 0 Å². The lowest BCUT2D eigenvalue weighted by atomic mass is 10.1. The van der Waals surface area contributed by atoms with E-state index in [0.29, 0.717) is 5.92 Å². The van der Waals surface area contributed by atoms with Crippen molar-refractivity contribution in [2.75, 3.05) is 44.2 Å². The molecule has 106 valence electrons. The number of nitrogens with zero attached hydrogens (tertiary/aromatic N) is 3. The standard InChI is InChI=1S/C15H26N4/c1-13(10-16)12-18-6-3-7-19(9-8-18)15-4-5-17-11-14(15)2/h4-5,11,13H,3,6-10,12,16H2,1-2H3. The summed E-state index contributed by atoms with van der Waals surface area (Å²) in [7, 11) is 0. The minimum atomic E-state index is 0.592. The molecule has 0 aliphatic carbocycles. The normalized spacial score (nSPS) is 19.2. The fraction of sp³-hybridized carbons (Fsp3) is 0.667. The molecule has 1 fully saturated rings. The zero-order chi connectivity index (χ0) is 13.7. The zero-order valence-corrected chi connectivity index (χ0v) is 12.2. The van der Waals surface area contributed by atoms with Crippen molar-refractivity contribution in [3.63, 3.8) is 0 Å². The highest BCUT2D eigenvalue weighted by atomic mass is 15.2. The monoisotopic (exact) mass is 262 g/mol. The Kier molecular flexibility index (Phi) is 5.16. The summed E-state index contributed by atoms with van der Waals surface area (Å²) >= 11 is 0. The number of anilines is 1. The molecule has 1 aromatic heterocycles. The van der Waals surface area contributed by atoms with Crippen LogP contribution in [0.3, 0.4) is 0 Å². The van der Waals surface area contributed by atoms with Crippen LogP contribution < -0.4 is 10.6 Å². The van der Waals surface area contributed by atoms with E-state index < -0.39 is 0 Å². The maximum absolute atomic E-state index is 5.72. The van der Waals surface area contributed by atoms with Crippen molar-refractivity contribution in [3.05, 3.63) is 24.0 Å². The van der Waals surface area contributed by atoms with Crippen molar-refractivity contribution in [1.29, 1.82) is 0 Å². The van der Waals surface area contributed by atoms with Gasteiger partial charge in [-0.1, -0.05) is 6.92 Å².